The fourth-order valence-electron chi connectivity index (χ4n) is 1.38. The van der Waals surface area contributed by atoms with E-state index in [1.165, 1.54) is 0 Å². The van der Waals surface area contributed by atoms with E-state index in [2.05, 4.69) is 0 Å². The fourth-order valence-corrected chi connectivity index (χ4v) is 3.16. The summed E-state index contributed by atoms with van der Waals surface area (Å²) in [4.78, 5) is 0.508. The van der Waals surface area contributed by atoms with E-state index in [0.717, 1.165) is 0 Å². The van der Waals surface area contributed by atoms with Crippen molar-refractivity contribution in [2.75, 3.05) is 19.0 Å². The van der Waals surface area contributed by atoms with E-state index in [1.807, 2.05) is 13.8 Å². The predicted octanol–water partition coefficient (Wildman–Crippen LogP) is 3.50. The lowest BCUT2D eigenvalue weighted by atomic mass is 10.4. The van der Waals surface area contributed by atoms with Crippen molar-refractivity contribution in [2.45, 2.75) is 25.0 Å². The maximum Gasteiger partial charge on any atom is 0.169 e. The molecule has 1 aromatic rings. The molecule has 1 atom stereocenters. The van der Waals surface area contributed by atoms with Crippen LogP contribution in [-0.4, -0.2) is 29.5 Å². The first-order valence-corrected chi connectivity index (χ1v) is 7.72. The van der Waals surface area contributed by atoms with Gasteiger partial charge in [0.15, 0.2) is 6.29 Å². The van der Waals surface area contributed by atoms with Gasteiger partial charge in [-0.3, -0.25) is 4.21 Å². The summed E-state index contributed by atoms with van der Waals surface area (Å²) in [6.45, 7) is 4.74. The molecule has 102 valence electrons. The SMILES string of the molecule is CCOC(CS(=O)c1cc(Cl)ccc1Cl)OCC. The molecule has 0 heterocycles. The number of hydrogen-bond donors (Lipinski definition) is 0. The monoisotopic (exact) mass is 310 g/mol. The van der Waals surface area contributed by atoms with Gasteiger partial charge in [-0.2, -0.15) is 0 Å². The highest BCUT2D eigenvalue weighted by Gasteiger charge is 2.16. The van der Waals surface area contributed by atoms with Crippen LogP contribution in [-0.2, 0) is 20.3 Å². The first-order valence-electron chi connectivity index (χ1n) is 5.65. The zero-order valence-electron chi connectivity index (χ0n) is 10.3. The van der Waals surface area contributed by atoms with Crippen LogP contribution >= 0.6 is 23.2 Å². The predicted molar refractivity (Wildman–Crippen MR) is 74.8 cm³/mol. The van der Waals surface area contributed by atoms with Gasteiger partial charge in [0.25, 0.3) is 0 Å². The van der Waals surface area contributed by atoms with Crippen LogP contribution in [0.25, 0.3) is 0 Å². The molecule has 3 nitrogen and oxygen atoms in total. The van der Waals surface area contributed by atoms with Crippen LogP contribution in [0, 0.1) is 0 Å². The van der Waals surface area contributed by atoms with Crippen LogP contribution in [0.4, 0.5) is 0 Å². The van der Waals surface area contributed by atoms with Gasteiger partial charge in [-0.05, 0) is 32.0 Å². The Morgan fingerprint density at radius 2 is 1.83 bits per heavy atom. The Labute approximate surface area is 120 Å². The minimum absolute atomic E-state index is 0.238. The number of hydrogen-bond acceptors (Lipinski definition) is 3. The Morgan fingerprint density at radius 1 is 1.22 bits per heavy atom. The van der Waals surface area contributed by atoms with Crippen LogP contribution < -0.4 is 0 Å². The Balaban J connectivity index is 2.76. The maximum atomic E-state index is 12.2. The molecule has 0 saturated carbocycles. The second kappa shape index (κ2) is 8.12. The standard InChI is InChI=1S/C12H16Cl2O3S/c1-3-16-12(17-4-2)8-18(15)11-7-9(13)5-6-10(11)14/h5-7,12H,3-4,8H2,1-2H3. The molecule has 18 heavy (non-hydrogen) atoms. The van der Waals surface area contributed by atoms with Crippen molar-refractivity contribution in [3.8, 4) is 0 Å². The lowest BCUT2D eigenvalue weighted by Crippen LogP contribution is -2.24. The van der Waals surface area contributed by atoms with Crippen molar-refractivity contribution in [2.24, 2.45) is 0 Å². The molecule has 0 aliphatic rings. The molecule has 0 bridgehead atoms. The minimum atomic E-state index is -1.30. The highest BCUT2D eigenvalue weighted by Crippen LogP contribution is 2.24. The van der Waals surface area contributed by atoms with Gasteiger partial charge in [-0.25, -0.2) is 0 Å². The van der Waals surface area contributed by atoms with E-state index in [1.54, 1.807) is 18.2 Å². The van der Waals surface area contributed by atoms with Crippen molar-refractivity contribution in [3.05, 3.63) is 28.2 Å². The topological polar surface area (TPSA) is 35.5 Å². The van der Waals surface area contributed by atoms with E-state index in [0.29, 0.717) is 28.2 Å². The summed E-state index contributed by atoms with van der Waals surface area (Å²) in [5.41, 5.74) is 0. The van der Waals surface area contributed by atoms with Gasteiger partial charge in [0.2, 0.25) is 0 Å². The zero-order chi connectivity index (χ0) is 13.5. The zero-order valence-corrected chi connectivity index (χ0v) is 12.6. The molecule has 0 aliphatic heterocycles. The number of benzene rings is 1. The fraction of sp³-hybridized carbons (Fsp3) is 0.500. The normalized spacial score (nSPS) is 12.9. The molecule has 0 N–H and O–H groups in total. The molecule has 0 aromatic heterocycles. The van der Waals surface area contributed by atoms with Gasteiger partial charge < -0.3 is 9.47 Å². The molecule has 0 radical (unpaired) electrons. The molecule has 0 amide bonds. The Morgan fingerprint density at radius 3 is 2.39 bits per heavy atom. The Kier molecular flexibility index (Phi) is 7.19. The molecule has 0 fully saturated rings. The smallest absolute Gasteiger partial charge is 0.169 e. The average molecular weight is 311 g/mol. The minimum Gasteiger partial charge on any atom is -0.352 e. The van der Waals surface area contributed by atoms with Gasteiger partial charge in [0.05, 0.1) is 26.5 Å². The second-order valence-electron chi connectivity index (χ2n) is 3.43. The van der Waals surface area contributed by atoms with Gasteiger partial charge in [0, 0.05) is 18.2 Å². The summed E-state index contributed by atoms with van der Waals surface area (Å²) in [7, 11) is -1.30. The quantitative estimate of drug-likeness (QED) is 0.723. The molecule has 1 unspecified atom stereocenters. The van der Waals surface area contributed by atoms with Crippen molar-refractivity contribution in [3.63, 3.8) is 0 Å². The highest BCUT2D eigenvalue weighted by molar-refractivity contribution is 7.85. The van der Waals surface area contributed by atoms with E-state index in [4.69, 9.17) is 32.7 Å². The van der Waals surface area contributed by atoms with Crippen LogP contribution in [0.1, 0.15) is 13.8 Å². The molecule has 1 aromatic carbocycles. The Hall–Kier alpha value is -0.130. The number of ether oxygens (including phenoxy) is 2. The highest BCUT2D eigenvalue weighted by atomic mass is 35.5. The summed E-state index contributed by atoms with van der Waals surface area (Å²) >= 11 is 11.9. The van der Waals surface area contributed by atoms with Crippen molar-refractivity contribution < 1.29 is 13.7 Å². The van der Waals surface area contributed by atoms with Crippen LogP contribution in [0.2, 0.25) is 10.0 Å². The van der Waals surface area contributed by atoms with Gasteiger partial charge in [-0.15, -0.1) is 0 Å². The number of halogens is 2. The van der Waals surface area contributed by atoms with Crippen LogP contribution in [0.15, 0.2) is 23.1 Å². The molecule has 6 heteroatoms. The van der Waals surface area contributed by atoms with Crippen molar-refractivity contribution >= 4 is 34.0 Å². The van der Waals surface area contributed by atoms with Crippen LogP contribution in [0.3, 0.4) is 0 Å². The third-order valence-electron chi connectivity index (χ3n) is 2.13. The van der Waals surface area contributed by atoms with Gasteiger partial charge in [-0.1, -0.05) is 23.2 Å². The van der Waals surface area contributed by atoms with Gasteiger partial charge in [0.1, 0.15) is 0 Å². The van der Waals surface area contributed by atoms with E-state index in [-0.39, 0.29) is 5.75 Å². The third kappa shape index (κ3) is 4.86. The summed E-state index contributed by atoms with van der Waals surface area (Å²) in [6.07, 6.45) is -0.490. The average Bonchev–Trinajstić information content (AvgIpc) is 2.33. The lowest BCUT2D eigenvalue weighted by molar-refractivity contribution is -0.120. The lowest BCUT2D eigenvalue weighted by Gasteiger charge is -2.16. The van der Waals surface area contributed by atoms with Crippen LogP contribution in [0.5, 0.6) is 0 Å². The van der Waals surface area contributed by atoms with E-state index in [9.17, 15) is 4.21 Å². The third-order valence-corrected chi connectivity index (χ3v) is 4.21. The summed E-state index contributed by atoms with van der Waals surface area (Å²) in [6, 6.07) is 4.90. The maximum absolute atomic E-state index is 12.2. The molecular formula is C12H16Cl2O3S. The summed E-state index contributed by atoms with van der Waals surface area (Å²) in [5.74, 6) is 0.238. The molecular weight excluding hydrogens is 295 g/mol. The Bertz CT molecular complexity index is 406. The van der Waals surface area contributed by atoms with E-state index >= 15 is 0 Å². The largest absolute Gasteiger partial charge is 0.352 e. The first kappa shape index (κ1) is 15.9. The van der Waals surface area contributed by atoms with Gasteiger partial charge >= 0.3 is 0 Å². The summed E-state index contributed by atoms with van der Waals surface area (Å²) < 4.78 is 22.9. The first-order chi connectivity index (χ1) is 8.58. The summed E-state index contributed by atoms with van der Waals surface area (Å²) in [5, 5.41) is 0.941. The molecule has 0 aliphatic carbocycles. The second-order valence-corrected chi connectivity index (χ2v) is 5.74. The van der Waals surface area contributed by atoms with Crippen molar-refractivity contribution in [1.29, 1.82) is 0 Å². The van der Waals surface area contributed by atoms with E-state index < -0.39 is 17.1 Å². The number of rotatable bonds is 7. The molecule has 0 saturated heterocycles. The van der Waals surface area contributed by atoms with Crippen molar-refractivity contribution in [1.82, 2.24) is 0 Å². The molecule has 0 spiro atoms. The molecule has 1 rings (SSSR count).